The smallest absolute Gasteiger partial charge is 0.341 e. The summed E-state index contributed by atoms with van der Waals surface area (Å²) in [5, 5.41) is 12.7. The van der Waals surface area contributed by atoms with Crippen molar-refractivity contribution in [3.05, 3.63) is 63.1 Å². The van der Waals surface area contributed by atoms with Gasteiger partial charge in [0.05, 0.1) is 12.2 Å². The molecule has 0 aliphatic carbocycles. The molecule has 1 saturated heterocycles. The monoisotopic (exact) mass is 495 g/mol. The normalized spacial score (nSPS) is 23.6. The molecule has 0 radical (unpaired) electrons. The molecule has 160 valence electrons. The number of carboxylic acid groups (broad SMARTS) is 1. The summed E-state index contributed by atoms with van der Waals surface area (Å²) < 4.78 is 12.8. The van der Waals surface area contributed by atoms with Crippen LogP contribution in [0.25, 0.3) is 0 Å². The van der Waals surface area contributed by atoms with Crippen LogP contribution in [0.1, 0.15) is 50.0 Å². The van der Waals surface area contributed by atoms with E-state index < -0.39 is 24.2 Å². The predicted molar refractivity (Wildman–Crippen MR) is 117 cm³/mol. The van der Waals surface area contributed by atoms with Crippen LogP contribution in [0, 0.1) is 0 Å². The van der Waals surface area contributed by atoms with E-state index >= 15 is 0 Å². The van der Waals surface area contributed by atoms with Crippen LogP contribution in [-0.4, -0.2) is 29.1 Å². The third-order valence-corrected chi connectivity index (χ3v) is 5.70. The Labute approximate surface area is 188 Å². The Kier molecular flexibility index (Phi) is 7.06. The predicted octanol–water partition coefficient (Wildman–Crippen LogP) is 5.05. The van der Waals surface area contributed by atoms with Gasteiger partial charge < -0.3 is 19.9 Å². The Morgan fingerprint density at radius 1 is 1.27 bits per heavy atom. The van der Waals surface area contributed by atoms with Crippen molar-refractivity contribution in [1.82, 2.24) is 5.32 Å². The first-order valence-corrected chi connectivity index (χ1v) is 10.7. The van der Waals surface area contributed by atoms with Crippen molar-refractivity contribution in [2.45, 2.75) is 44.4 Å². The average Bonchev–Trinajstić information content (AvgIpc) is 2.65. The zero-order chi connectivity index (χ0) is 21.9. The molecule has 1 fully saturated rings. The van der Waals surface area contributed by atoms with E-state index in [-0.39, 0.29) is 12.0 Å². The molecule has 6 nitrogen and oxygen atoms in total. The molecule has 0 spiro atoms. The minimum atomic E-state index is -1.06. The van der Waals surface area contributed by atoms with Gasteiger partial charge in [-0.2, -0.15) is 0 Å². The SMILES string of the molecule is CC(=O)N[C@]1(C)C[C@@H](c2cccc(Cl)c2)O[C@@H](c2cc(Br)ccc2OCC(=O)O)C1. The van der Waals surface area contributed by atoms with Crippen LogP contribution in [0.2, 0.25) is 5.02 Å². The fourth-order valence-electron chi connectivity index (χ4n) is 3.85. The number of hydrogen-bond donors (Lipinski definition) is 2. The number of rotatable bonds is 6. The van der Waals surface area contributed by atoms with Crippen LogP contribution in [0.4, 0.5) is 0 Å². The second kappa shape index (κ2) is 9.37. The Morgan fingerprint density at radius 3 is 2.67 bits per heavy atom. The number of carbonyl (C=O) groups excluding carboxylic acids is 1. The van der Waals surface area contributed by atoms with Gasteiger partial charge in [0, 0.05) is 40.4 Å². The Bertz CT molecular complexity index is 953. The van der Waals surface area contributed by atoms with Crippen molar-refractivity contribution in [3.8, 4) is 5.75 Å². The maximum atomic E-state index is 11.9. The highest BCUT2D eigenvalue weighted by molar-refractivity contribution is 9.10. The van der Waals surface area contributed by atoms with Gasteiger partial charge in [-0.3, -0.25) is 4.79 Å². The molecule has 2 aromatic carbocycles. The number of hydrogen-bond acceptors (Lipinski definition) is 4. The van der Waals surface area contributed by atoms with Gasteiger partial charge in [0.25, 0.3) is 0 Å². The lowest BCUT2D eigenvalue weighted by Gasteiger charge is -2.43. The largest absolute Gasteiger partial charge is 0.482 e. The van der Waals surface area contributed by atoms with E-state index in [1.165, 1.54) is 6.92 Å². The van der Waals surface area contributed by atoms with Crippen LogP contribution < -0.4 is 10.1 Å². The van der Waals surface area contributed by atoms with E-state index in [9.17, 15) is 9.59 Å². The molecule has 0 saturated carbocycles. The zero-order valence-electron chi connectivity index (χ0n) is 16.7. The van der Waals surface area contributed by atoms with Crippen molar-refractivity contribution in [1.29, 1.82) is 0 Å². The summed E-state index contributed by atoms with van der Waals surface area (Å²) in [5.41, 5.74) is 1.09. The summed E-state index contributed by atoms with van der Waals surface area (Å²) in [6.07, 6.45) is 0.332. The topological polar surface area (TPSA) is 84.9 Å². The molecule has 1 aliphatic rings. The quantitative estimate of drug-likeness (QED) is 0.584. The van der Waals surface area contributed by atoms with Crippen LogP contribution in [0.5, 0.6) is 5.75 Å². The van der Waals surface area contributed by atoms with Crippen molar-refractivity contribution in [2.24, 2.45) is 0 Å². The molecule has 1 aliphatic heterocycles. The fourth-order valence-corrected chi connectivity index (χ4v) is 4.43. The highest BCUT2D eigenvalue weighted by atomic mass is 79.9. The van der Waals surface area contributed by atoms with Gasteiger partial charge in [-0.25, -0.2) is 4.79 Å². The number of carboxylic acids is 1. The molecule has 8 heteroatoms. The van der Waals surface area contributed by atoms with Crippen LogP contribution in [0.3, 0.4) is 0 Å². The molecular weight excluding hydrogens is 474 g/mol. The lowest BCUT2D eigenvalue weighted by atomic mass is 9.81. The van der Waals surface area contributed by atoms with Gasteiger partial charge in [-0.15, -0.1) is 0 Å². The number of ether oxygens (including phenoxy) is 2. The third kappa shape index (κ3) is 5.74. The molecule has 30 heavy (non-hydrogen) atoms. The highest BCUT2D eigenvalue weighted by Crippen LogP contribution is 2.46. The van der Waals surface area contributed by atoms with E-state index in [1.807, 2.05) is 31.2 Å². The summed E-state index contributed by atoms with van der Waals surface area (Å²) in [6, 6.07) is 12.8. The highest BCUT2D eigenvalue weighted by Gasteiger charge is 2.40. The number of halogens is 2. The summed E-state index contributed by atoms with van der Waals surface area (Å²) in [4.78, 5) is 22.9. The van der Waals surface area contributed by atoms with Crippen molar-refractivity contribution >= 4 is 39.4 Å². The lowest BCUT2D eigenvalue weighted by molar-refractivity contribution is -0.139. The molecule has 1 heterocycles. The van der Waals surface area contributed by atoms with E-state index in [4.69, 9.17) is 26.2 Å². The van der Waals surface area contributed by atoms with Gasteiger partial charge in [0.15, 0.2) is 6.61 Å². The fraction of sp³-hybridized carbons (Fsp3) is 0.364. The van der Waals surface area contributed by atoms with Gasteiger partial charge in [0.2, 0.25) is 5.91 Å². The molecule has 0 bridgehead atoms. The summed E-state index contributed by atoms with van der Waals surface area (Å²) in [7, 11) is 0. The number of benzene rings is 2. The summed E-state index contributed by atoms with van der Waals surface area (Å²) in [6.45, 7) is 3.02. The molecule has 1 amide bonds. The number of carbonyl (C=O) groups is 2. The van der Waals surface area contributed by atoms with E-state index in [0.29, 0.717) is 29.2 Å². The Balaban J connectivity index is 1.99. The second-order valence-corrected chi connectivity index (χ2v) is 9.04. The first-order valence-electron chi connectivity index (χ1n) is 9.49. The first-order chi connectivity index (χ1) is 14.1. The zero-order valence-corrected chi connectivity index (χ0v) is 19.0. The Morgan fingerprint density at radius 2 is 2.00 bits per heavy atom. The number of amides is 1. The van der Waals surface area contributed by atoms with Crippen molar-refractivity contribution < 1.29 is 24.2 Å². The van der Waals surface area contributed by atoms with Crippen LogP contribution in [0.15, 0.2) is 46.9 Å². The third-order valence-electron chi connectivity index (χ3n) is 4.97. The summed E-state index contributed by atoms with van der Waals surface area (Å²) >= 11 is 9.65. The maximum Gasteiger partial charge on any atom is 0.341 e. The first kappa shape index (κ1) is 22.6. The molecule has 0 aromatic heterocycles. The van der Waals surface area contributed by atoms with Crippen molar-refractivity contribution in [2.75, 3.05) is 6.61 Å². The lowest BCUT2D eigenvalue weighted by Crippen LogP contribution is -2.50. The van der Waals surface area contributed by atoms with E-state index in [0.717, 1.165) is 10.0 Å². The van der Waals surface area contributed by atoms with Gasteiger partial charge in [0.1, 0.15) is 5.75 Å². The molecule has 3 atom stereocenters. The average molecular weight is 497 g/mol. The van der Waals surface area contributed by atoms with Gasteiger partial charge in [-0.1, -0.05) is 39.7 Å². The van der Waals surface area contributed by atoms with E-state index in [2.05, 4.69) is 21.2 Å². The molecular formula is C22H23BrClNO5. The molecule has 2 N–H and O–H groups in total. The molecule has 2 aromatic rings. The second-order valence-electron chi connectivity index (χ2n) is 7.68. The standard InChI is InChI=1S/C22H23BrClNO5/c1-13(26)25-22(2)10-19(14-4-3-5-16(24)8-14)30-20(11-22)17-9-15(23)6-7-18(17)29-12-21(27)28/h3-9,19-20H,10-12H2,1-2H3,(H,25,26)(H,27,28)/t19-,20+,22+/m0/s1. The van der Waals surface area contributed by atoms with Gasteiger partial charge in [-0.05, 0) is 42.8 Å². The van der Waals surface area contributed by atoms with Gasteiger partial charge >= 0.3 is 5.97 Å². The minimum absolute atomic E-state index is 0.125. The number of nitrogens with one attached hydrogen (secondary N) is 1. The van der Waals surface area contributed by atoms with E-state index in [1.54, 1.807) is 18.2 Å². The summed E-state index contributed by atoms with van der Waals surface area (Å²) in [5.74, 6) is -0.754. The van der Waals surface area contributed by atoms with Crippen LogP contribution in [-0.2, 0) is 14.3 Å². The maximum absolute atomic E-state index is 11.9. The minimum Gasteiger partial charge on any atom is -0.482 e. The van der Waals surface area contributed by atoms with Crippen LogP contribution >= 0.6 is 27.5 Å². The van der Waals surface area contributed by atoms with Crippen molar-refractivity contribution in [3.63, 3.8) is 0 Å². The molecule has 3 rings (SSSR count). The Hall–Kier alpha value is -2.09. The molecule has 0 unspecified atom stereocenters. The number of aliphatic carboxylic acids is 1.